The maximum atomic E-state index is 14.4. The highest BCUT2D eigenvalue weighted by atomic mass is 127. The number of fused-ring (bicyclic) bond motifs is 1. The third kappa shape index (κ3) is 8.07. The Morgan fingerprint density at radius 1 is 0.939 bits per heavy atom. The summed E-state index contributed by atoms with van der Waals surface area (Å²) in [5.41, 5.74) is -1.93. The fraction of sp³-hybridized carbons (Fsp3) is 0.853. The second-order valence-electron chi connectivity index (χ2n) is 16.9. The molecule has 3 aliphatic carbocycles. The summed E-state index contributed by atoms with van der Waals surface area (Å²) < 4.78 is 31.1. The summed E-state index contributed by atoms with van der Waals surface area (Å²) in [6, 6.07) is -2.53. The molecule has 2 aliphatic heterocycles. The molecule has 5 fully saturated rings. The van der Waals surface area contributed by atoms with Crippen LogP contribution in [0.4, 0.5) is 4.79 Å². The molecule has 0 bridgehead atoms. The second kappa shape index (κ2) is 13.8. The molecule has 2 heterocycles. The van der Waals surface area contributed by atoms with Gasteiger partial charge >= 0.3 is 6.03 Å². The van der Waals surface area contributed by atoms with Crippen LogP contribution in [0.3, 0.4) is 0 Å². The lowest BCUT2D eigenvalue weighted by Crippen LogP contribution is -2.64. The highest BCUT2D eigenvalue weighted by molar-refractivity contribution is 14.1. The SMILES string of the molecule is CC1(C)C2CN(C(=O)[C@@H](NC(=O)NC3(CS(=O)(=O)C4(C)CCOCC4)CCCCC3)C(C)(C)C)[C@H](C(=O)NC(I)C(=O)C(=O)NC3CC3)C21. The summed E-state index contributed by atoms with van der Waals surface area (Å²) in [6.45, 7) is 12.4. The molecule has 4 N–H and O–H groups in total. The number of nitrogens with zero attached hydrogens (tertiary/aromatic N) is 1. The Hall–Kier alpha value is -2.01. The normalized spacial score (nSPS) is 28.3. The zero-order valence-corrected chi connectivity index (χ0v) is 32.6. The Morgan fingerprint density at radius 3 is 2.12 bits per heavy atom. The number of hydrogen-bond donors (Lipinski definition) is 4. The number of alkyl halides is 1. The van der Waals surface area contributed by atoms with Crippen LogP contribution in [0.5, 0.6) is 0 Å². The van der Waals surface area contributed by atoms with Crippen LogP contribution in [0.15, 0.2) is 0 Å². The van der Waals surface area contributed by atoms with Crippen LogP contribution in [0.1, 0.15) is 99.3 Å². The van der Waals surface area contributed by atoms with Crippen LogP contribution in [-0.4, -0.2) is 101 Å². The van der Waals surface area contributed by atoms with E-state index in [-0.39, 0.29) is 29.0 Å². The molecule has 2 saturated heterocycles. The largest absolute Gasteiger partial charge is 0.381 e. The summed E-state index contributed by atoms with van der Waals surface area (Å²) in [6.07, 6.45) is 6.00. The first-order valence-corrected chi connectivity index (χ1v) is 20.6. The van der Waals surface area contributed by atoms with Crippen LogP contribution in [0, 0.1) is 22.7 Å². The first kappa shape index (κ1) is 38.2. The maximum absolute atomic E-state index is 14.4. The lowest BCUT2D eigenvalue weighted by atomic mass is 9.83. The molecule has 5 atom stereocenters. The first-order chi connectivity index (χ1) is 22.7. The van der Waals surface area contributed by atoms with Crippen molar-refractivity contribution >= 4 is 62.0 Å². The lowest BCUT2D eigenvalue weighted by Gasteiger charge is -2.42. The van der Waals surface area contributed by atoms with E-state index < -0.39 is 71.2 Å². The summed E-state index contributed by atoms with van der Waals surface area (Å²) in [7, 11) is -3.62. The van der Waals surface area contributed by atoms with Crippen LogP contribution in [0.25, 0.3) is 0 Å². The zero-order valence-electron chi connectivity index (χ0n) is 29.7. The molecule has 0 aromatic heterocycles. The number of carbonyl (C=O) groups excluding carboxylic acids is 5. The number of amides is 5. The van der Waals surface area contributed by atoms with Gasteiger partial charge in [0.25, 0.3) is 11.7 Å². The van der Waals surface area contributed by atoms with Gasteiger partial charge in [-0.15, -0.1) is 0 Å². The number of nitrogens with one attached hydrogen (secondary N) is 4. The van der Waals surface area contributed by atoms with E-state index in [2.05, 4.69) is 21.3 Å². The van der Waals surface area contributed by atoms with Crippen molar-refractivity contribution in [3.63, 3.8) is 0 Å². The third-order valence-electron chi connectivity index (χ3n) is 11.7. The molecule has 0 spiro atoms. The number of halogens is 1. The van der Waals surface area contributed by atoms with Crippen molar-refractivity contribution < 1.29 is 37.1 Å². The van der Waals surface area contributed by atoms with E-state index in [0.29, 0.717) is 45.4 Å². The summed E-state index contributed by atoms with van der Waals surface area (Å²) in [5.74, 6) is -2.69. The standard InChI is InChI=1S/C34H54IN5O8S/c1-31(2,3)25(37-30(45)39-34(12-8-7-9-13-34)19-49(46,47)33(6)14-16-48-17-15-33)29(44)40-18-21-22(32(21,4)5)23(40)27(42)38-26(35)24(41)28(43)36-20-10-11-20/h20-23,25-26H,7-19H2,1-6H3,(H,36,43)(H,38,42)(H2,37,39,45)/t21?,22?,23-,25+,26?/m0/s1. The number of sulfone groups is 1. The lowest BCUT2D eigenvalue weighted by molar-refractivity contribution is -0.144. The molecule has 276 valence electrons. The van der Waals surface area contributed by atoms with Gasteiger partial charge in [-0.25, -0.2) is 13.2 Å². The molecule has 49 heavy (non-hydrogen) atoms. The Labute approximate surface area is 304 Å². The van der Waals surface area contributed by atoms with E-state index in [1.54, 1.807) is 29.5 Å². The number of Topliss-reactive ketones (excluding diaryl/α,β-unsaturated/α-hetero) is 1. The fourth-order valence-electron chi connectivity index (χ4n) is 8.10. The molecule has 5 amide bonds. The van der Waals surface area contributed by atoms with E-state index >= 15 is 0 Å². The summed E-state index contributed by atoms with van der Waals surface area (Å²) in [5, 5.41) is 11.3. The molecule has 0 aromatic carbocycles. The predicted molar refractivity (Wildman–Crippen MR) is 191 cm³/mol. The van der Waals surface area contributed by atoms with E-state index in [1.807, 2.05) is 34.6 Å². The molecule has 5 rings (SSSR count). The quantitative estimate of drug-likeness (QED) is 0.106. The number of carbonyl (C=O) groups is 5. The molecule has 0 radical (unpaired) electrons. The fourth-order valence-corrected chi connectivity index (χ4v) is 10.9. The van der Waals surface area contributed by atoms with Gasteiger partial charge in [-0.1, -0.05) is 53.9 Å². The maximum Gasteiger partial charge on any atom is 0.315 e. The second-order valence-corrected chi connectivity index (χ2v) is 20.7. The van der Waals surface area contributed by atoms with Gasteiger partial charge in [-0.05, 0) is 90.7 Å². The van der Waals surface area contributed by atoms with Crippen molar-refractivity contribution in [2.45, 2.75) is 132 Å². The summed E-state index contributed by atoms with van der Waals surface area (Å²) in [4.78, 5) is 68.6. The van der Waals surface area contributed by atoms with Crippen molar-refractivity contribution in [3.8, 4) is 0 Å². The zero-order chi connectivity index (χ0) is 36.2. The number of ether oxygens (including phenoxy) is 1. The third-order valence-corrected chi connectivity index (χ3v) is 15.5. The average molecular weight is 820 g/mol. The highest BCUT2D eigenvalue weighted by Gasteiger charge is 2.70. The van der Waals surface area contributed by atoms with Gasteiger partial charge in [-0.2, -0.15) is 0 Å². The molecule has 13 nitrogen and oxygen atoms in total. The molecule has 0 aromatic rings. The van der Waals surface area contributed by atoms with E-state index in [9.17, 15) is 32.4 Å². The number of piperidine rings is 1. The topological polar surface area (TPSA) is 180 Å². The van der Waals surface area contributed by atoms with E-state index in [1.165, 1.54) is 4.90 Å². The van der Waals surface area contributed by atoms with Crippen molar-refractivity contribution in [1.29, 1.82) is 0 Å². The smallest absolute Gasteiger partial charge is 0.315 e. The molecule has 5 aliphatic rings. The van der Waals surface area contributed by atoms with Crippen molar-refractivity contribution in [2.24, 2.45) is 22.7 Å². The number of urea groups is 1. The Balaban J connectivity index is 1.31. The molecular weight excluding hydrogens is 765 g/mol. The van der Waals surface area contributed by atoms with Gasteiger partial charge in [0.05, 0.1) is 16.0 Å². The predicted octanol–water partition coefficient (Wildman–Crippen LogP) is 2.60. The van der Waals surface area contributed by atoms with E-state index in [4.69, 9.17) is 4.74 Å². The highest BCUT2D eigenvalue weighted by Crippen LogP contribution is 2.65. The van der Waals surface area contributed by atoms with Crippen LogP contribution >= 0.6 is 22.6 Å². The number of rotatable bonds is 11. The van der Waals surface area contributed by atoms with Gasteiger partial charge in [0.1, 0.15) is 16.1 Å². The van der Waals surface area contributed by atoms with Gasteiger partial charge < -0.3 is 30.9 Å². The summed E-state index contributed by atoms with van der Waals surface area (Å²) >= 11 is 1.74. The van der Waals surface area contributed by atoms with Crippen LogP contribution in [-0.2, 0) is 33.8 Å². The minimum absolute atomic E-state index is 0.00146. The van der Waals surface area contributed by atoms with Gasteiger partial charge in [0, 0.05) is 25.8 Å². The molecular formula is C34H54IN5O8S. The Kier molecular flexibility index (Phi) is 10.8. The molecule has 3 unspecified atom stereocenters. The van der Waals surface area contributed by atoms with Crippen molar-refractivity contribution in [2.75, 3.05) is 25.5 Å². The minimum Gasteiger partial charge on any atom is -0.381 e. The number of ketones is 1. The monoisotopic (exact) mass is 819 g/mol. The molecule has 3 saturated carbocycles. The van der Waals surface area contributed by atoms with E-state index in [0.717, 1.165) is 32.1 Å². The Morgan fingerprint density at radius 2 is 1.55 bits per heavy atom. The number of hydrogen-bond acceptors (Lipinski definition) is 8. The minimum atomic E-state index is -3.62. The van der Waals surface area contributed by atoms with Crippen LogP contribution < -0.4 is 21.3 Å². The molecule has 15 heteroatoms. The first-order valence-electron chi connectivity index (χ1n) is 17.7. The van der Waals surface area contributed by atoms with Crippen molar-refractivity contribution in [1.82, 2.24) is 26.2 Å². The van der Waals surface area contributed by atoms with Gasteiger partial charge in [0.15, 0.2) is 9.84 Å². The van der Waals surface area contributed by atoms with Gasteiger partial charge in [0.2, 0.25) is 11.8 Å². The van der Waals surface area contributed by atoms with Crippen LogP contribution in [0.2, 0.25) is 0 Å². The Bertz CT molecular complexity index is 1450. The van der Waals surface area contributed by atoms with Gasteiger partial charge in [-0.3, -0.25) is 19.2 Å². The van der Waals surface area contributed by atoms with Crippen molar-refractivity contribution in [3.05, 3.63) is 0 Å². The average Bonchev–Trinajstić information content (AvgIpc) is 3.86. The number of likely N-dealkylation sites (tertiary alicyclic amines) is 1.